The minimum Gasteiger partial charge on any atom is -0.348 e. The van der Waals surface area contributed by atoms with Crippen LogP contribution in [0.15, 0.2) is 42.5 Å². The van der Waals surface area contributed by atoms with Crippen molar-refractivity contribution in [2.75, 3.05) is 23.3 Å². The predicted molar refractivity (Wildman–Crippen MR) is 99.5 cm³/mol. The van der Waals surface area contributed by atoms with Crippen molar-refractivity contribution in [2.45, 2.75) is 12.8 Å². The van der Waals surface area contributed by atoms with Gasteiger partial charge in [0.2, 0.25) is 5.91 Å². The van der Waals surface area contributed by atoms with Crippen LogP contribution in [0.4, 0.5) is 19.6 Å². The highest BCUT2D eigenvalue weighted by atomic mass is 32.1. The summed E-state index contributed by atoms with van der Waals surface area (Å²) < 4.78 is 27.8. The van der Waals surface area contributed by atoms with Gasteiger partial charge in [-0.2, -0.15) is 0 Å². The van der Waals surface area contributed by atoms with Crippen molar-refractivity contribution in [1.29, 1.82) is 0 Å². The van der Waals surface area contributed by atoms with E-state index in [2.05, 4.69) is 15.2 Å². The molecule has 7 heteroatoms. The summed E-state index contributed by atoms with van der Waals surface area (Å²) in [5.41, 5.74) is 1.00. The van der Waals surface area contributed by atoms with Gasteiger partial charge in [-0.3, -0.25) is 4.79 Å². The Morgan fingerprint density at radius 2 is 1.92 bits per heavy atom. The normalized spacial score (nSPS) is 15.4. The molecule has 0 saturated carbocycles. The summed E-state index contributed by atoms with van der Waals surface area (Å²) in [7, 11) is 0. The lowest BCUT2D eigenvalue weighted by molar-refractivity contribution is -0.120. The number of carbonyl (C=O) groups is 1. The highest BCUT2D eigenvalue weighted by Gasteiger charge is 2.27. The van der Waals surface area contributed by atoms with Gasteiger partial charge in [0.15, 0.2) is 5.13 Å². The molecule has 2 aromatic carbocycles. The van der Waals surface area contributed by atoms with E-state index in [1.54, 1.807) is 11.3 Å². The molecule has 1 aromatic heterocycles. The maximum atomic E-state index is 13.7. The molecule has 1 saturated heterocycles. The Hall–Kier alpha value is -2.54. The lowest BCUT2D eigenvalue weighted by Gasteiger charge is -2.31. The van der Waals surface area contributed by atoms with Gasteiger partial charge < -0.3 is 10.2 Å². The summed E-state index contributed by atoms with van der Waals surface area (Å²) in [5, 5.41) is 3.54. The second-order valence-electron chi connectivity index (χ2n) is 6.34. The molecule has 0 radical (unpaired) electrons. The summed E-state index contributed by atoms with van der Waals surface area (Å²) in [6.45, 7) is 1.45. The van der Waals surface area contributed by atoms with Gasteiger partial charge in [0.25, 0.3) is 0 Å². The van der Waals surface area contributed by atoms with Gasteiger partial charge in [0.1, 0.15) is 11.6 Å². The topological polar surface area (TPSA) is 45.2 Å². The van der Waals surface area contributed by atoms with E-state index in [0.29, 0.717) is 12.8 Å². The fraction of sp³-hybridized carbons (Fsp3) is 0.263. The number of anilines is 2. The Balaban J connectivity index is 1.39. The van der Waals surface area contributed by atoms with Crippen molar-refractivity contribution >= 4 is 38.3 Å². The zero-order chi connectivity index (χ0) is 18.1. The molecule has 1 aliphatic rings. The molecule has 0 aliphatic carbocycles. The van der Waals surface area contributed by atoms with Crippen LogP contribution in [0.3, 0.4) is 0 Å². The van der Waals surface area contributed by atoms with Gasteiger partial charge in [0, 0.05) is 25.1 Å². The first kappa shape index (κ1) is 16.9. The molecule has 1 fully saturated rings. The maximum absolute atomic E-state index is 13.7. The van der Waals surface area contributed by atoms with E-state index in [1.807, 2.05) is 24.3 Å². The maximum Gasteiger partial charge on any atom is 0.227 e. The van der Waals surface area contributed by atoms with Gasteiger partial charge in [-0.1, -0.05) is 23.5 Å². The molecular weight excluding hydrogens is 356 g/mol. The highest BCUT2D eigenvalue weighted by Crippen LogP contribution is 2.31. The van der Waals surface area contributed by atoms with Crippen LogP contribution in [0.2, 0.25) is 0 Å². The first-order valence-electron chi connectivity index (χ1n) is 8.46. The van der Waals surface area contributed by atoms with Crippen molar-refractivity contribution in [3.05, 3.63) is 54.1 Å². The van der Waals surface area contributed by atoms with Crippen LogP contribution in [0, 0.1) is 17.6 Å². The number of para-hydroxylation sites is 1. The standard InChI is InChI=1S/C19H17F2N3OS/c20-13-5-6-15(14(21)11-13)22-18(25)12-7-9-24(10-8-12)19-23-16-3-1-2-4-17(16)26-19/h1-6,11-12H,7-10H2,(H,22,25). The fourth-order valence-electron chi connectivity index (χ4n) is 3.15. The molecule has 0 atom stereocenters. The quantitative estimate of drug-likeness (QED) is 0.739. The number of hydrogen-bond acceptors (Lipinski definition) is 4. The molecule has 134 valence electrons. The third-order valence-electron chi connectivity index (χ3n) is 4.61. The number of fused-ring (bicyclic) bond motifs is 1. The minimum absolute atomic E-state index is 0.0185. The molecule has 0 spiro atoms. The number of aromatic nitrogens is 1. The third kappa shape index (κ3) is 3.39. The van der Waals surface area contributed by atoms with Gasteiger partial charge in [-0.15, -0.1) is 0 Å². The van der Waals surface area contributed by atoms with Gasteiger partial charge in [-0.25, -0.2) is 13.8 Å². The monoisotopic (exact) mass is 373 g/mol. The summed E-state index contributed by atoms with van der Waals surface area (Å²) >= 11 is 1.65. The van der Waals surface area contributed by atoms with E-state index in [9.17, 15) is 13.6 Å². The second-order valence-corrected chi connectivity index (χ2v) is 7.35. The number of benzene rings is 2. The Morgan fingerprint density at radius 1 is 1.15 bits per heavy atom. The Kier molecular flexibility index (Phi) is 4.55. The van der Waals surface area contributed by atoms with Crippen LogP contribution >= 0.6 is 11.3 Å². The third-order valence-corrected chi connectivity index (χ3v) is 5.71. The smallest absolute Gasteiger partial charge is 0.227 e. The molecule has 1 aliphatic heterocycles. The average molecular weight is 373 g/mol. The van der Waals surface area contributed by atoms with E-state index >= 15 is 0 Å². The van der Waals surface area contributed by atoms with Crippen molar-refractivity contribution < 1.29 is 13.6 Å². The molecule has 4 rings (SSSR count). The van der Waals surface area contributed by atoms with Crippen LogP contribution in [-0.2, 0) is 4.79 Å². The van der Waals surface area contributed by atoms with Crippen LogP contribution in [0.5, 0.6) is 0 Å². The zero-order valence-corrected chi connectivity index (χ0v) is 14.7. The van der Waals surface area contributed by atoms with Crippen LogP contribution < -0.4 is 10.2 Å². The molecule has 4 nitrogen and oxygen atoms in total. The molecule has 1 amide bonds. The van der Waals surface area contributed by atoms with E-state index in [4.69, 9.17) is 0 Å². The molecule has 0 bridgehead atoms. The number of rotatable bonds is 3. The number of thiazole rings is 1. The molecule has 26 heavy (non-hydrogen) atoms. The van der Waals surface area contributed by atoms with Crippen molar-refractivity contribution in [1.82, 2.24) is 4.98 Å². The number of piperidine rings is 1. The number of hydrogen-bond donors (Lipinski definition) is 1. The van der Waals surface area contributed by atoms with E-state index < -0.39 is 11.6 Å². The number of carbonyl (C=O) groups excluding carboxylic acids is 1. The molecular formula is C19H17F2N3OS. The van der Waals surface area contributed by atoms with E-state index in [-0.39, 0.29) is 17.5 Å². The van der Waals surface area contributed by atoms with Crippen molar-refractivity contribution in [2.24, 2.45) is 5.92 Å². The Labute approximate surface area is 153 Å². The molecule has 3 aromatic rings. The van der Waals surface area contributed by atoms with Crippen LogP contribution in [-0.4, -0.2) is 24.0 Å². The van der Waals surface area contributed by atoms with Crippen molar-refractivity contribution in [3.63, 3.8) is 0 Å². The Morgan fingerprint density at radius 3 is 2.65 bits per heavy atom. The lowest BCUT2D eigenvalue weighted by atomic mass is 9.96. The molecule has 2 heterocycles. The number of halogens is 2. The predicted octanol–water partition coefficient (Wildman–Crippen LogP) is 4.43. The van der Waals surface area contributed by atoms with Crippen molar-refractivity contribution in [3.8, 4) is 0 Å². The largest absolute Gasteiger partial charge is 0.348 e. The number of amides is 1. The van der Waals surface area contributed by atoms with E-state index in [1.165, 1.54) is 6.07 Å². The molecule has 0 unspecified atom stereocenters. The SMILES string of the molecule is O=C(Nc1ccc(F)cc1F)C1CCN(c2nc3ccccc3s2)CC1. The van der Waals surface area contributed by atoms with Gasteiger partial charge in [-0.05, 0) is 37.1 Å². The molecule has 1 N–H and O–H groups in total. The summed E-state index contributed by atoms with van der Waals surface area (Å²) in [5.74, 6) is -1.83. The number of nitrogens with zero attached hydrogens (tertiary/aromatic N) is 2. The number of nitrogens with one attached hydrogen (secondary N) is 1. The highest BCUT2D eigenvalue weighted by molar-refractivity contribution is 7.22. The van der Waals surface area contributed by atoms with E-state index in [0.717, 1.165) is 40.6 Å². The fourth-order valence-corrected chi connectivity index (χ4v) is 4.17. The average Bonchev–Trinajstić information content (AvgIpc) is 3.08. The first-order valence-corrected chi connectivity index (χ1v) is 9.28. The summed E-state index contributed by atoms with van der Waals surface area (Å²) in [6, 6.07) is 11.2. The zero-order valence-electron chi connectivity index (χ0n) is 13.9. The van der Waals surface area contributed by atoms with Crippen LogP contribution in [0.1, 0.15) is 12.8 Å². The Bertz CT molecular complexity index is 918. The van der Waals surface area contributed by atoms with Gasteiger partial charge >= 0.3 is 0 Å². The minimum atomic E-state index is -0.759. The van der Waals surface area contributed by atoms with Crippen LogP contribution in [0.25, 0.3) is 10.2 Å². The lowest BCUT2D eigenvalue weighted by Crippen LogP contribution is -2.38. The second kappa shape index (κ2) is 6.99. The summed E-state index contributed by atoms with van der Waals surface area (Å²) in [4.78, 5) is 19.2. The first-order chi connectivity index (χ1) is 12.6. The van der Waals surface area contributed by atoms with Gasteiger partial charge in [0.05, 0.1) is 15.9 Å². The summed E-state index contributed by atoms with van der Waals surface area (Å²) in [6.07, 6.45) is 1.34.